The molecule has 28 heavy (non-hydrogen) atoms. The molecule has 0 unspecified atom stereocenters. The molecule has 1 aliphatic rings. The third-order valence-corrected chi connectivity index (χ3v) is 4.51. The number of ether oxygens (including phenoxy) is 2. The van der Waals surface area contributed by atoms with Gasteiger partial charge in [0.1, 0.15) is 6.61 Å². The van der Waals surface area contributed by atoms with Gasteiger partial charge in [0, 0.05) is 42.8 Å². The van der Waals surface area contributed by atoms with Crippen LogP contribution in [0.4, 0.5) is 17.1 Å². The molecule has 1 saturated heterocycles. The van der Waals surface area contributed by atoms with Gasteiger partial charge in [-0.1, -0.05) is 0 Å². The van der Waals surface area contributed by atoms with Crippen molar-refractivity contribution in [3.8, 4) is 0 Å². The first-order valence-electron chi connectivity index (χ1n) is 9.20. The monoisotopic (exact) mass is 383 g/mol. The number of hydrogen-bond donors (Lipinski definition) is 2. The summed E-state index contributed by atoms with van der Waals surface area (Å²) in [5, 5.41) is 5.59. The van der Waals surface area contributed by atoms with Gasteiger partial charge in [0.05, 0.1) is 13.2 Å². The molecule has 0 bridgehead atoms. The van der Waals surface area contributed by atoms with Gasteiger partial charge in [-0.25, -0.2) is 0 Å². The van der Waals surface area contributed by atoms with E-state index in [0.717, 1.165) is 37.6 Å². The number of rotatable bonds is 6. The number of morpholine rings is 1. The molecule has 0 spiro atoms. The number of hydrogen-bond acceptors (Lipinski definition) is 5. The van der Waals surface area contributed by atoms with E-state index in [1.165, 1.54) is 7.11 Å². The summed E-state index contributed by atoms with van der Waals surface area (Å²) >= 11 is 0. The summed E-state index contributed by atoms with van der Waals surface area (Å²) < 4.78 is 10.2. The molecule has 7 heteroatoms. The number of benzene rings is 2. The maximum Gasteiger partial charge on any atom is 0.255 e. The van der Waals surface area contributed by atoms with E-state index in [1.54, 1.807) is 24.3 Å². The highest BCUT2D eigenvalue weighted by molar-refractivity contribution is 6.04. The molecule has 2 N–H and O–H groups in total. The largest absolute Gasteiger partial charge is 0.378 e. The number of carbonyl (C=O) groups excluding carboxylic acids is 2. The van der Waals surface area contributed by atoms with E-state index >= 15 is 0 Å². The lowest BCUT2D eigenvalue weighted by molar-refractivity contribution is -0.119. The highest BCUT2D eigenvalue weighted by atomic mass is 16.5. The van der Waals surface area contributed by atoms with Gasteiger partial charge in [0.15, 0.2) is 0 Å². The van der Waals surface area contributed by atoms with E-state index in [9.17, 15) is 9.59 Å². The third kappa shape index (κ3) is 5.09. The van der Waals surface area contributed by atoms with Crippen LogP contribution in [0.3, 0.4) is 0 Å². The standard InChI is InChI=1S/C21H25N3O4/c1-15-13-16(3-8-19(15)24-9-11-28-12-10-24)21(26)23-18-6-4-17(5-7-18)22-20(25)14-27-2/h3-8,13H,9-12,14H2,1-2H3,(H,22,25)(H,23,26). The highest BCUT2D eigenvalue weighted by Crippen LogP contribution is 2.23. The van der Waals surface area contributed by atoms with Crippen molar-refractivity contribution in [2.75, 3.05) is 55.6 Å². The van der Waals surface area contributed by atoms with Crippen LogP contribution >= 0.6 is 0 Å². The van der Waals surface area contributed by atoms with Crippen molar-refractivity contribution in [2.45, 2.75) is 6.92 Å². The Morgan fingerprint density at radius 3 is 2.29 bits per heavy atom. The Morgan fingerprint density at radius 1 is 1.04 bits per heavy atom. The van der Waals surface area contributed by atoms with Crippen LogP contribution in [0.2, 0.25) is 0 Å². The van der Waals surface area contributed by atoms with E-state index < -0.39 is 0 Å². The molecule has 0 saturated carbocycles. The molecular formula is C21H25N3O4. The minimum Gasteiger partial charge on any atom is -0.378 e. The fourth-order valence-electron chi connectivity index (χ4n) is 3.12. The fraction of sp³-hybridized carbons (Fsp3) is 0.333. The Kier molecular flexibility index (Phi) is 6.62. The second-order valence-electron chi connectivity index (χ2n) is 6.61. The molecule has 2 aromatic carbocycles. The van der Waals surface area contributed by atoms with Gasteiger partial charge in [-0.2, -0.15) is 0 Å². The van der Waals surface area contributed by atoms with Gasteiger partial charge >= 0.3 is 0 Å². The summed E-state index contributed by atoms with van der Waals surface area (Å²) in [6, 6.07) is 12.7. The first kappa shape index (κ1) is 19.9. The normalized spacial score (nSPS) is 13.9. The van der Waals surface area contributed by atoms with Crippen LogP contribution in [-0.2, 0) is 14.3 Å². The van der Waals surface area contributed by atoms with Crippen molar-refractivity contribution in [1.82, 2.24) is 0 Å². The molecule has 0 aromatic heterocycles. The van der Waals surface area contributed by atoms with E-state index in [-0.39, 0.29) is 18.4 Å². The van der Waals surface area contributed by atoms with Crippen molar-refractivity contribution in [2.24, 2.45) is 0 Å². The number of nitrogens with zero attached hydrogens (tertiary/aromatic N) is 1. The van der Waals surface area contributed by atoms with Crippen LogP contribution in [0.25, 0.3) is 0 Å². The van der Waals surface area contributed by atoms with Crippen molar-refractivity contribution >= 4 is 28.9 Å². The molecule has 148 valence electrons. The van der Waals surface area contributed by atoms with Crippen molar-refractivity contribution in [3.63, 3.8) is 0 Å². The zero-order chi connectivity index (χ0) is 19.9. The SMILES string of the molecule is COCC(=O)Nc1ccc(NC(=O)c2ccc(N3CCOCC3)c(C)c2)cc1. The Labute approximate surface area is 164 Å². The number of anilines is 3. The molecule has 2 amide bonds. The maximum atomic E-state index is 12.6. The van der Waals surface area contributed by atoms with Crippen LogP contribution in [-0.4, -0.2) is 51.8 Å². The van der Waals surface area contributed by atoms with Crippen LogP contribution < -0.4 is 15.5 Å². The Morgan fingerprint density at radius 2 is 1.68 bits per heavy atom. The number of aryl methyl sites for hydroxylation is 1. The quantitative estimate of drug-likeness (QED) is 0.802. The Hall–Kier alpha value is -2.90. The lowest BCUT2D eigenvalue weighted by Gasteiger charge is -2.30. The number of methoxy groups -OCH3 is 1. The molecule has 1 fully saturated rings. The molecule has 0 atom stereocenters. The second-order valence-corrected chi connectivity index (χ2v) is 6.61. The lowest BCUT2D eigenvalue weighted by atomic mass is 10.1. The average molecular weight is 383 g/mol. The molecule has 2 aromatic rings. The number of amides is 2. The molecule has 7 nitrogen and oxygen atoms in total. The molecule has 3 rings (SSSR count). The van der Waals surface area contributed by atoms with Crippen molar-refractivity contribution in [3.05, 3.63) is 53.6 Å². The number of carbonyl (C=O) groups is 2. The van der Waals surface area contributed by atoms with Gasteiger partial charge in [-0.15, -0.1) is 0 Å². The van der Waals surface area contributed by atoms with Gasteiger partial charge in [0.2, 0.25) is 5.91 Å². The average Bonchev–Trinajstić information content (AvgIpc) is 2.70. The summed E-state index contributed by atoms with van der Waals surface area (Å²) in [4.78, 5) is 26.4. The van der Waals surface area contributed by atoms with Gasteiger partial charge in [0.25, 0.3) is 5.91 Å². The van der Waals surface area contributed by atoms with Gasteiger partial charge < -0.3 is 25.0 Å². The zero-order valence-electron chi connectivity index (χ0n) is 16.2. The summed E-state index contributed by atoms with van der Waals surface area (Å²) in [5.41, 5.74) is 4.10. The Bertz CT molecular complexity index is 830. The van der Waals surface area contributed by atoms with Crippen LogP contribution in [0.15, 0.2) is 42.5 Å². The maximum absolute atomic E-state index is 12.6. The topological polar surface area (TPSA) is 79.9 Å². The van der Waals surface area contributed by atoms with E-state index in [2.05, 4.69) is 15.5 Å². The van der Waals surface area contributed by atoms with Crippen LogP contribution in [0, 0.1) is 6.92 Å². The number of nitrogens with one attached hydrogen (secondary N) is 2. The summed E-state index contributed by atoms with van der Waals surface area (Å²) in [6.07, 6.45) is 0. The molecule has 0 aliphatic carbocycles. The second kappa shape index (κ2) is 9.34. The van der Waals surface area contributed by atoms with Gasteiger partial charge in [-0.05, 0) is 55.0 Å². The zero-order valence-corrected chi connectivity index (χ0v) is 16.2. The summed E-state index contributed by atoms with van der Waals surface area (Å²) in [5.74, 6) is -0.400. The van der Waals surface area contributed by atoms with E-state index in [4.69, 9.17) is 9.47 Å². The first-order valence-corrected chi connectivity index (χ1v) is 9.20. The van der Waals surface area contributed by atoms with Crippen molar-refractivity contribution in [1.29, 1.82) is 0 Å². The summed E-state index contributed by atoms with van der Waals surface area (Å²) in [6.45, 7) is 5.18. The first-order chi connectivity index (χ1) is 13.6. The minimum absolute atomic E-state index is 0.00170. The van der Waals surface area contributed by atoms with Crippen LogP contribution in [0.5, 0.6) is 0 Å². The van der Waals surface area contributed by atoms with Crippen LogP contribution in [0.1, 0.15) is 15.9 Å². The minimum atomic E-state index is -0.227. The van der Waals surface area contributed by atoms with E-state index in [1.807, 2.05) is 25.1 Å². The third-order valence-electron chi connectivity index (χ3n) is 4.51. The molecule has 0 radical (unpaired) electrons. The summed E-state index contributed by atoms with van der Waals surface area (Å²) in [7, 11) is 1.47. The van der Waals surface area contributed by atoms with Gasteiger partial charge in [-0.3, -0.25) is 9.59 Å². The highest BCUT2D eigenvalue weighted by Gasteiger charge is 2.15. The molecule has 1 heterocycles. The lowest BCUT2D eigenvalue weighted by Crippen LogP contribution is -2.36. The van der Waals surface area contributed by atoms with E-state index in [0.29, 0.717) is 16.9 Å². The molecule has 1 aliphatic heterocycles. The fourth-order valence-corrected chi connectivity index (χ4v) is 3.12. The predicted octanol–water partition coefficient (Wildman–Crippen LogP) is 2.67. The van der Waals surface area contributed by atoms with Crippen molar-refractivity contribution < 1.29 is 19.1 Å². The molecular weight excluding hydrogens is 358 g/mol. The smallest absolute Gasteiger partial charge is 0.255 e. The Balaban J connectivity index is 1.62. The predicted molar refractivity (Wildman–Crippen MR) is 109 cm³/mol.